The summed E-state index contributed by atoms with van der Waals surface area (Å²) in [5.74, 6) is 0.628. The van der Waals surface area contributed by atoms with Crippen LogP contribution in [0.25, 0.3) is 0 Å². The first-order chi connectivity index (χ1) is 22.2. The van der Waals surface area contributed by atoms with Crippen molar-refractivity contribution < 1.29 is 39.1 Å². The van der Waals surface area contributed by atoms with E-state index < -0.39 is 30.1 Å². The highest BCUT2D eigenvalue weighted by Gasteiger charge is 2.51. The minimum absolute atomic E-state index is 0.0336. The number of aliphatic hydroxyl groups is 3. The third-order valence-electron chi connectivity index (χ3n) is 9.75. The number of hydrogen-bond acceptors (Lipinski definition) is 8. The van der Waals surface area contributed by atoms with E-state index in [0.717, 1.165) is 24.8 Å². The van der Waals surface area contributed by atoms with Gasteiger partial charge in [-0.3, -0.25) is 9.59 Å². The van der Waals surface area contributed by atoms with Crippen molar-refractivity contribution in [3.63, 3.8) is 0 Å². The molecular formula is C36H48N2O8. The summed E-state index contributed by atoms with van der Waals surface area (Å²) in [5.41, 5.74) is 2.34. The van der Waals surface area contributed by atoms with Crippen molar-refractivity contribution in [3.05, 3.63) is 70.8 Å². The van der Waals surface area contributed by atoms with E-state index in [9.17, 15) is 24.9 Å². The van der Waals surface area contributed by atoms with Gasteiger partial charge in [0.2, 0.25) is 11.8 Å². The maximum atomic E-state index is 14.2. The van der Waals surface area contributed by atoms with E-state index in [1.807, 2.05) is 30.3 Å². The Morgan fingerprint density at radius 1 is 1.11 bits per heavy atom. The molecule has 46 heavy (non-hydrogen) atoms. The molecule has 10 heteroatoms. The lowest BCUT2D eigenvalue weighted by atomic mass is 9.75. The van der Waals surface area contributed by atoms with Gasteiger partial charge in [0.1, 0.15) is 18.8 Å². The molecule has 1 saturated carbocycles. The minimum Gasteiger partial charge on any atom is -0.493 e. The Labute approximate surface area is 271 Å². The van der Waals surface area contributed by atoms with E-state index in [2.05, 4.69) is 26.1 Å². The van der Waals surface area contributed by atoms with Gasteiger partial charge in [0, 0.05) is 24.2 Å². The Bertz CT molecular complexity index is 1400. The van der Waals surface area contributed by atoms with Crippen LogP contribution in [-0.2, 0) is 27.5 Å². The van der Waals surface area contributed by atoms with Crippen LogP contribution in [0.3, 0.4) is 0 Å². The summed E-state index contributed by atoms with van der Waals surface area (Å²) in [7, 11) is 1.49. The van der Waals surface area contributed by atoms with Crippen molar-refractivity contribution in [2.45, 2.75) is 83.5 Å². The number of amides is 2. The summed E-state index contributed by atoms with van der Waals surface area (Å²) in [5, 5.41) is 34.1. The monoisotopic (exact) mass is 636 g/mol. The van der Waals surface area contributed by atoms with Crippen LogP contribution in [0.1, 0.15) is 62.6 Å². The number of methoxy groups -OCH3 is 1. The predicted octanol–water partition coefficient (Wildman–Crippen LogP) is 3.32. The van der Waals surface area contributed by atoms with Crippen molar-refractivity contribution in [1.82, 2.24) is 10.2 Å². The summed E-state index contributed by atoms with van der Waals surface area (Å²) in [6.07, 6.45) is 2.58. The number of aliphatic hydroxyl groups excluding tert-OH is 3. The lowest BCUT2D eigenvalue weighted by molar-refractivity contribution is -0.148. The minimum atomic E-state index is -1.21. The maximum absolute atomic E-state index is 14.2. The van der Waals surface area contributed by atoms with Gasteiger partial charge in [0.15, 0.2) is 11.5 Å². The molecule has 0 aromatic heterocycles. The fourth-order valence-electron chi connectivity index (χ4n) is 7.33. The molecule has 7 atom stereocenters. The molecule has 0 spiro atoms. The van der Waals surface area contributed by atoms with Gasteiger partial charge >= 0.3 is 0 Å². The molecule has 2 aromatic rings. The molecule has 10 nitrogen and oxygen atoms in total. The molecule has 0 radical (unpaired) electrons. The number of carbonyl (C=O) groups is 2. The number of hydrogen-bond donors (Lipinski definition) is 4. The highest BCUT2D eigenvalue weighted by molar-refractivity contribution is 5.96. The van der Waals surface area contributed by atoms with Crippen LogP contribution in [0.15, 0.2) is 54.1 Å². The fraction of sp³-hybridized carbons (Fsp3) is 0.556. The lowest BCUT2D eigenvalue weighted by Crippen LogP contribution is -2.56. The highest BCUT2D eigenvalue weighted by atomic mass is 16.5. The van der Waals surface area contributed by atoms with Crippen LogP contribution in [0.5, 0.6) is 11.5 Å². The molecule has 0 saturated heterocycles. The van der Waals surface area contributed by atoms with Crippen LogP contribution in [0.4, 0.5) is 0 Å². The van der Waals surface area contributed by atoms with Gasteiger partial charge < -0.3 is 39.7 Å². The molecule has 1 heterocycles. The quantitative estimate of drug-likeness (QED) is 0.279. The van der Waals surface area contributed by atoms with Crippen LogP contribution < -0.4 is 14.8 Å². The van der Waals surface area contributed by atoms with Crippen molar-refractivity contribution >= 4 is 11.8 Å². The molecule has 5 rings (SSSR count). The summed E-state index contributed by atoms with van der Waals surface area (Å²) in [4.78, 5) is 29.4. The molecule has 2 aromatic carbocycles. The van der Waals surface area contributed by atoms with Gasteiger partial charge in [0.25, 0.3) is 0 Å². The molecule has 0 bridgehead atoms. The maximum Gasteiger partial charge on any atom is 0.249 e. The second-order valence-corrected chi connectivity index (χ2v) is 13.2. The zero-order chi connectivity index (χ0) is 33.0. The van der Waals surface area contributed by atoms with Gasteiger partial charge in [0.05, 0.1) is 38.4 Å². The van der Waals surface area contributed by atoms with Crippen molar-refractivity contribution in [3.8, 4) is 11.5 Å². The van der Waals surface area contributed by atoms with Gasteiger partial charge in [-0.05, 0) is 59.9 Å². The van der Waals surface area contributed by atoms with Gasteiger partial charge in [-0.2, -0.15) is 0 Å². The Balaban J connectivity index is 1.51. The first-order valence-electron chi connectivity index (χ1n) is 16.4. The Hall–Kier alpha value is -3.44. The third kappa shape index (κ3) is 7.10. The molecular weight excluding hydrogens is 588 g/mol. The average Bonchev–Trinajstić information content (AvgIpc) is 3.45. The molecule has 4 N–H and O–H groups in total. The Kier molecular flexibility index (Phi) is 11.0. The Morgan fingerprint density at radius 3 is 2.54 bits per heavy atom. The second kappa shape index (κ2) is 15.0. The average molecular weight is 637 g/mol. The second-order valence-electron chi connectivity index (χ2n) is 13.2. The van der Waals surface area contributed by atoms with E-state index in [1.54, 1.807) is 23.1 Å². The zero-order valence-electron chi connectivity index (χ0n) is 27.2. The van der Waals surface area contributed by atoms with E-state index in [1.165, 1.54) is 7.11 Å². The SMILES string of the molecule is COc1cc(CO)cc2c1OC1C2C(C(=O)NCCO)=CC(N(Cc2ccccc2)C(=O)COC2CC(C)CCC2C(C)C)C1O. The van der Waals surface area contributed by atoms with Gasteiger partial charge in [-0.25, -0.2) is 0 Å². The standard InChI is InChI=1S/C36H48N2O8/c1-21(2)25-11-10-22(3)14-29(25)45-20-31(41)38(18-23-8-6-5-7-9-23)28-17-27(36(43)37-12-13-39)32-26-15-24(19-40)16-30(44-4)34(26)46-35(32)33(28)42/h5-9,15-17,21-22,25,28-29,32-33,35,39-40,42H,10-14,18-20H2,1-4H3,(H,37,43). The Morgan fingerprint density at radius 2 is 1.87 bits per heavy atom. The normalized spacial score (nSPS) is 26.9. The van der Waals surface area contributed by atoms with Crippen LogP contribution >= 0.6 is 0 Å². The van der Waals surface area contributed by atoms with E-state index in [0.29, 0.717) is 46.0 Å². The number of benzene rings is 2. The molecule has 1 fully saturated rings. The summed E-state index contributed by atoms with van der Waals surface area (Å²) in [6.45, 7) is 6.18. The largest absolute Gasteiger partial charge is 0.493 e. The first-order valence-corrected chi connectivity index (χ1v) is 16.4. The molecule has 3 aliphatic rings. The fourth-order valence-corrected chi connectivity index (χ4v) is 7.33. The van der Waals surface area contributed by atoms with Crippen LogP contribution in [-0.4, -0.2) is 83.3 Å². The summed E-state index contributed by atoms with van der Waals surface area (Å²) < 4.78 is 18.3. The number of nitrogens with one attached hydrogen (secondary N) is 1. The van der Waals surface area contributed by atoms with E-state index in [-0.39, 0.29) is 44.9 Å². The highest BCUT2D eigenvalue weighted by Crippen LogP contribution is 2.51. The number of fused-ring (bicyclic) bond motifs is 3. The molecule has 1 aliphatic heterocycles. The number of nitrogens with zero attached hydrogens (tertiary/aromatic N) is 1. The number of ether oxygens (including phenoxy) is 3. The number of carbonyl (C=O) groups excluding carboxylic acids is 2. The summed E-state index contributed by atoms with van der Waals surface area (Å²) >= 11 is 0. The van der Waals surface area contributed by atoms with Gasteiger partial charge in [-0.1, -0.05) is 57.5 Å². The number of rotatable bonds is 12. The van der Waals surface area contributed by atoms with Crippen LogP contribution in [0.2, 0.25) is 0 Å². The van der Waals surface area contributed by atoms with Crippen molar-refractivity contribution in [2.75, 3.05) is 26.9 Å². The topological polar surface area (TPSA) is 138 Å². The summed E-state index contributed by atoms with van der Waals surface area (Å²) in [6, 6.07) is 12.0. The van der Waals surface area contributed by atoms with E-state index in [4.69, 9.17) is 14.2 Å². The smallest absolute Gasteiger partial charge is 0.249 e. The van der Waals surface area contributed by atoms with Crippen LogP contribution in [0, 0.1) is 17.8 Å². The zero-order valence-corrected chi connectivity index (χ0v) is 27.2. The van der Waals surface area contributed by atoms with Crippen molar-refractivity contribution in [2.24, 2.45) is 17.8 Å². The van der Waals surface area contributed by atoms with E-state index >= 15 is 0 Å². The molecule has 2 amide bonds. The third-order valence-corrected chi connectivity index (χ3v) is 9.75. The molecule has 2 aliphatic carbocycles. The molecule has 7 unspecified atom stereocenters. The molecule has 250 valence electrons. The van der Waals surface area contributed by atoms with Gasteiger partial charge in [-0.15, -0.1) is 0 Å². The predicted molar refractivity (Wildman–Crippen MR) is 172 cm³/mol. The van der Waals surface area contributed by atoms with Crippen molar-refractivity contribution in [1.29, 1.82) is 0 Å². The first kappa shape index (κ1) is 33.9. The lowest BCUT2D eigenvalue weighted by Gasteiger charge is -2.41.